The van der Waals surface area contributed by atoms with Crippen LogP contribution in [0.3, 0.4) is 0 Å². The lowest BCUT2D eigenvalue weighted by Crippen LogP contribution is -1.26. The summed E-state index contributed by atoms with van der Waals surface area (Å²) in [6.07, 6.45) is 7.14. The molecule has 0 radical (unpaired) electrons. The molecule has 0 aromatic heterocycles. The molecule has 0 atom stereocenters. The topological polar surface area (TPSA) is 12.4 Å². The van der Waals surface area contributed by atoms with Crippen LogP contribution in [0.5, 0.6) is 0 Å². The van der Waals surface area contributed by atoms with Crippen molar-refractivity contribution in [1.82, 2.24) is 0 Å². The zero-order valence-electron chi connectivity index (χ0n) is 11.9. The summed E-state index contributed by atoms with van der Waals surface area (Å²) in [6, 6.07) is 0. The fraction of sp³-hybridized carbons (Fsp3) is 0.500. The van der Waals surface area contributed by atoms with Gasteiger partial charge in [0, 0.05) is 6.20 Å². The van der Waals surface area contributed by atoms with Crippen LogP contribution in [0, 0.1) is 0 Å². The molecule has 0 aliphatic heterocycles. The minimum Gasteiger partial charge on any atom is -0.273 e. The van der Waals surface area contributed by atoms with E-state index in [-0.39, 0.29) is 0 Å². The van der Waals surface area contributed by atoms with Crippen LogP contribution in [-0.2, 0) is 0 Å². The van der Waals surface area contributed by atoms with Crippen LogP contribution in [0.15, 0.2) is 42.6 Å². The van der Waals surface area contributed by atoms with Crippen LogP contribution in [0.2, 0.25) is 0 Å². The Bertz CT molecular complexity index is 91.9. The third kappa shape index (κ3) is 1930. The highest BCUT2D eigenvalue weighted by molar-refractivity contribution is 5.24. The van der Waals surface area contributed by atoms with E-state index in [4.69, 9.17) is 0 Å². The highest BCUT2D eigenvalue weighted by Crippen LogP contribution is 1.57. The Morgan fingerprint density at radius 1 is 0.800 bits per heavy atom. The minimum atomic E-state index is 1.39. The fourth-order valence-corrected chi connectivity index (χ4v) is 0. The van der Waals surface area contributed by atoms with Gasteiger partial charge in [0.15, 0.2) is 0 Å². The number of nitrogens with zero attached hydrogens (tertiary/aromatic N) is 1. The van der Waals surface area contributed by atoms with Crippen molar-refractivity contribution in [2.24, 2.45) is 4.99 Å². The summed E-state index contributed by atoms with van der Waals surface area (Å²) < 4.78 is 0. The van der Waals surface area contributed by atoms with Gasteiger partial charge in [0.05, 0.1) is 0 Å². The third-order valence-corrected chi connectivity index (χ3v) is 0.462. The molecule has 0 unspecified atom stereocenters. The van der Waals surface area contributed by atoms with E-state index in [0.717, 1.165) is 0 Å². The van der Waals surface area contributed by atoms with Gasteiger partial charge in [-0.25, -0.2) is 0 Å². The second kappa shape index (κ2) is 120. The second-order valence-electron chi connectivity index (χ2n) is 1.44. The van der Waals surface area contributed by atoms with Crippen LogP contribution < -0.4 is 0 Å². The minimum absolute atomic E-state index is 1.39. The molecular formula is C14H31N. The quantitative estimate of drug-likeness (QED) is 0.394. The molecule has 0 aromatic carbocycles. The van der Waals surface area contributed by atoms with E-state index in [1.807, 2.05) is 60.6 Å². The molecule has 0 saturated carbocycles. The van der Waals surface area contributed by atoms with E-state index >= 15 is 0 Å². The van der Waals surface area contributed by atoms with E-state index in [1.54, 1.807) is 6.08 Å². The van der Waals surface area contributed by atoms with Crippen molar-refractivity contribution in [1.29, 1.82) is 0 Å². The standard InChI is InChI=1S/C4H8.C3H5N.C3H6.2C2H6/c2*1-3-4-2;1-3-2;2*1-2/h3-4H,1-2H3;3H,1-2H2;3H,1H2,2H3;2*1-2H3/b4-3-;;;;. The average Bonchev–Trinajstić information content (AvgIpc) is 2.35. The van der Waals surface area contributed by atoms with Gasteiger partial charge in [-0.1, -0.05) is 52.5 Å². The Balaban J connectivity index is -0.0000000289. The van der Waals surface area contributed by atoms with Gasteiger partial charge in [0.1, 0.15) is 0 Å². The number of hydrogen-bond acceptors (Lipinski definition) is 1. The summed E-state index contributed by atoms with van der Waals surface area (Å²) in [5, 5.41) is 0. The van der Waals surface area contributed by atoms with Gasteiger partial charge < -0.3 is 0 Å². The zero-order chi connectivity index (χ0) is 13.5. The third-order valence-electron chi connectivity index (χ3n) is 0.462. The molecule has 0 N–H and O–H groups in total. The molecule has 92 valence electrons. The molecule has 0 aromatic rings. The fourth-order valence-electron chi connectivity index (χ4n) is 0. The first-order valence-corrected chi connectivity index (χ1v) is 5.46. The average molecular weight is 213 g/mol. The number of aliphatic imine (C=N–C) groups is 1. The van der Waals surface area contributed by atoms with Crippen LogP contribution in [0.4, 0.5) is 0 Å². The summed E-state index contributed by atoms with van der Waals surface area (Å²) in [7, 11) is 0. The van der Waals surface area contributed by atoms with Crippen molar-refractivity contribution in [2.75, 3.05) is 0 Å². The maximum atomic E-state index is 3.36. The molecule has 1 nitrogen and oxygen atoms in total. The first kappa shape index (κ1) is 29.2. The molecule has 0 heterocycles. The lowest BCUT2D eigenvalue weighted by Gasteiger charge is -1.49. The maximum Gasteiger partial charge on any atom is 0.0188 e. The van der Waals surface area contributed by atoms with Crippen LogP contribution >= 0.6 is 0 Å². The number of allylic oxidation sites excluding steroid dienone is 3. The molecule has 15 heavy (non-hydrogen) atoms. The largest absolute Gasteiger partial charge is 0.273 e. The van der Waals surface area contributed by atoms with Crippen molar-refractivity contribution in [3.05, 3.63) is 37.6 Å². The van der Waals surface area contributed by atoms with Gasteiger partial charge in [-0.3, -0.25) is 4.99 Å². The summed E-state index contributed by atoms with van der Waals surface area (Å²) in [5.41, 5.74) is 0. The second-order valence-corrected chi connectivity index (χ2v) is 1.44. The van der Waals surface area contributed by atoms with E-state index in [0.29, 0.717) is 0 Å². The van der Waals surface area contributed by atoms with Crippen molar-refractivity contribution < 1.29 is 0 Å². The molecule has 0 amide bonds. The Hall–Kier alpha value is -1.11. The summed E-state index contributed by atoms with van der Waals surface area (Å²) >= 11 is 0. The summed E-state index contributed by atoms with van der Waals surface area (Å²) in [6.45, 7) is 23.6. The highest BCUT2D eigenvalue weighted by Gasteiger charge is 1.34. The van der Waals surface area contributed by atoms with Crippen molar-refractivity contribution >= 4 is 6.72 Å². The lowest BCUT2D eigenvalue weighted by molar-refractivity contribution is 1.50. The first-order chi connectivity index (χ1) is 7.24. The number of hydrogen-bond donors (Lipinski definition) is 0. The van der Waals surface area contributed by atoms with Crippen molar-refractivity contribution in [2.45, 2.75) is 48.5 Å². The SMILES string of the molecule is C/C=C\C.C=CC.C=CN=C.CC.CC. The van der Waals surface area contributed by atoms with Gasteiger partial charge in [0.25, 0.3) is 0 Å². The van der Waals surface area contributed by atoms with Gasteiger partial charge >= 0.3 is 0 Å². The first-order valence-electron chi connectivity index (χ1n) is 5.46. The number of rotatable bonds is 1. The van der Waals surface area contributed by atoms with Crippen LogP contribution in [0.1, 0.15) is 48.5 Å². The highest BCUT2D eigenvalue weighted by atomic mass is 14.6. The molecule has 0 rings (SSSR count). The Labute approximate surface area is 98.3 Å². The molecule has 0 bridgehead atoms. The van der Waals surface area contributed by atoms with E-state index in [1.165, 1.54) is 6.20 Å². The predicted octanol–water partition coefficient (Wildman–Crippen LogP) is 5.66. The normalized spacial score (nSPS) is 5.53. The molecule has 0 spiro atoms. The smallest absolute Gasteiger partial charge is 0.0188 e. The molecule has 0 aliphatic carbocycles. The van der Waals surface area contributed by atoms with Gasteiger partial charge in [-0.15, -0.1) is 6.58 Å². The maximum absolute atomic E-state index is 3.36. The van der Waals surface area contributed by atoms with Gasteiger partial charge in [0.2, 0.25) is 0 Å². The predicted molar refractivity (Wildman–Crippen MR) is 78.8 cm³/mol. The van der Waals surface area contributed by atoms with Gasteiger partial charge in [-0.2, -0.15) is 0 Å². The molecule has 0 fully saturated rings. The van der Waals surface area contributed by atoms with E-state index in [9.17, 15) is 0 Å². The van der Waals surface area contributed by atoms with E-state index < -0.39 is 0 Å². The Kier molecular flexibility index (Phi) is 234. The summed E-state index contributed by atoms with van der Waals surface area (Å²) in [5.74, 6) is 0. The van der Waals surface area contributed by atoms with Crippen molar-refractivity contribution in [3.8, 4) is 0 Å². The van der Waals surface area contributed by atoms with Crippen molar-refractivity contribution in [3.63, 3.8) is 0 Å². The van der Waals surface area contributed by atoms with E-state index in [2.05, 4.69) is 24.9 Å². The monoisotopic (exact) mass is 213 g/mol. The van der Waals surface area contributed by atoms with Gasteiger partial charge in [-0.05, 0) is 27.5 Å². The Morgan fingerprint density at radius 2 is 0.933 bits per heavy atom. The lowest BCUT2D eigenvalue weighted by atomic mass is 10.6. The molecule has 1 heteroatoms. The molecular weight excluding hydrogens is 182 g/mol. The van der Waals surface area contributed by atoms with Crippen LogP contribution in [0.25, 0.3) is 0 Å². The molecule has 0 saturated heterocycles. The summed E-state index contributed by atoms with van der Waals surface area (Å²) in [4.78, 5) is 3.25. The molecule has 0 aliphatic rings. The Morgan fingerprint density at radius 3 is 0.933 bits per heavy atom. The zero-order valence-corrected chi connectivity index (χ0v) is 11.9. The van der Waals surface area contributed by atoms with Crippen LogP contribution in [-0.4, -0.2) is 6.72 Å².